The van der Waals surface area contributed by atoms with Crippen molar-refractivity contribution in [1.29, 1.82) is 0 Å². The van der Waals surface area contributed by atoms with Crippen molar-refractivity contribution in [3.8, 4) is 11.5 Å². The minimum absolute atomic E-state index is 0.0874. The summed E-state index contributed by atoms with van der Waals surface area (Å²) in [6, 6.07) is 11.3. The van der Waals surface area contributed by atoms with Crippen molar-refractivity contribution in [3.63, 3.8) is 0 Å². The average Bonchev–Trinajstić information content (AvgIpc) is 3.22. The SMILES string of the molecule is COc1cc(C(=O)NCC(c2cccc(Cl)c2)N2CCCC2)cc(OC)c1Br. The summed E-state index contributed by atoms with van der Waals surface area (Å²) >= 11 is 9.63. The molecule has 0 radical (unpaired) electrons. The van der Waals surface area contributed by atoms with Crippen molar-refractivity contribution < 1.29 is 14.3 Å². The summed E-state index contributed by atoms with van der Waals surface area (Å²) < 4.78 is 11.4. The fourth-order valence-electron chi connectivity index (χ4n) is 3.52. The molecule has 1 aliphatic rings. The maximum Gasteiger partial charge on any atom is 0.251 e. The molecule has 2 aromatic carbocycles. The Morgan fingerprint density at radius 1 is 1.18 bits per heavy atom. The van der Waals surface area contributed by atoms with Crippen molar-refractivity contribution >= 4 is 33.4 Å². The third kappa shape index (κ3) is 4.80. The number of halogens is 2. The molecule has 3 rings (SSSR count). The van der Waals surface area contributed by atoms with E-state index >= 15 is 0 Å². The van der Waals surface area contributed by atoms with E-state index in [1.165, 1.54) is 12.8 Å². The predicted octanol–water partition coefficient (Wildman–Crippen LogP) is 4.69. The lowest BCUT2D eigenvalue weighted by atomic mass is 10.1. The molecule has 28 heavy (non-hydrogen) atoms. The van der Waals surface area contributed by atoms with Gasteiger partial charge in [0.1, 0.15) is 16.0 Å². The number of nitrogens with zero attached hydrogens (tertiary/aromatic N) is 1. The van der Waals surface area contributed by atoms with E-state index in [1.807, 2.05) is 18.2 Å². The van der Waals surface area contributed by atoms with Gasteiger partial charge in [-0.25, -0.2) is 0 Å². The number of likely N-dealkylation sites (tertiary alicyclic amines) is 1. The smallest absolute Gasteiger partial charge is 0.251 e. The van der Waals surface area contributed by atoms with Crippen LogP contribution in [0.25, 0.3) is 0 Å². The Labute approximate surface area is 179 Å². The van der Waals surface area contributed by atoms with Gasteiger partial charge in [-0.1, -0.05) is 23.7 Å². The van der Waals surface area contributed by atoms with Crippen LogP contribution < -0.4 is 14.8 Å². The molecule has 7 heteroatoms. The lowest BCUT2D eigenvalue weighted by Gasteiger charge is -2.28. The van der Waals surface area contributed by atoms with Gasteiger partial charge < -0.3 is 14.8 Å². The van der Waals surface area contributed by atoms with Crippen molar-refractivity contribution in [2.24, 2.45) is 0 Å². The van der Waals surface area contributed by atoms with Crippen LogP contribution >= 0.6 is 27.5 Å². The zero-order chi connectivity index (χ0) is 20.1. The first-order valence-corrected chi connectivity index (χ1v) is 10.4. The monoisotopic (exact) mass is 466 g/mol. The number of carbonyl (C=O) groups excluding carboxylic acids is 1. The van der Waals surface area contributed by atoms with Crippen LogP contribution in [0.2, 0.25) is 5.02 Å². The van der Waals surface area contributed by atoms with Gasteiger partial charge in [-0.15, -0.1) is 0 Å². The highest BCUT2D eigenvalue weighted by Crippen LogP contribution is 2.35. The highest BCUT2D eigenvalue weighted by Gasteiger charge is 2.24. The molecule has 2 aromatic rings. The largest absolute Gasteiger partial charge is 0.495 e. The summed E-state index contributed by atoms with van der Waals surface area (Å²) in [5, 5.41) is 3.77. The van der Waals surface area contributed by atoms with Gasteiger partial charge in [0, 0.05) is 17.1 Å². The van der Waals surface area contributed by atoms with E-state index in [0.29, 0.717) is 33.1 Å². The molecule has 1 N–H and O–H groups in total. The quantitative estimate of drug-likeness (QED) is 0.642. The number of hydrogen-bond donors (Lipinski definition) is 1. The number of rotatable bonds is 7. The van der Waals surface area contributed by atoms with Gasteiger partial charge in [-0.3, -0.25) is 9.69 Å². The van der Waals surface area contributed by atoms with Crippen LogP contribution in [0.5, 0.6) is 11.5 Å². The Hall–Kier alpha value is -1.76. The van der Waals surface area contributed by atoms with Gasteiger partial charge in [0.05, 0.1) is 20.3 Å². The van der Waals surface area contributed by atoms with Crippen molar-refractivity contribution in [2.75, 3.05) is 33.9 Å². The number of amides is 1. The molecular weight excluding hydrogens is 444 g/mol. The van der Waals surface area contributed by atoms with Gasteiger partial charge in [-0.05, 0) is 71.7 Å². The van der Waals surface area contributed by atoms with Crippen molar-refractivity contribution in [3.05, 3.63) is 57.0 Å². The summed E-state index contributed by atoms with van der Waals surface area (Å²) in [7, 11) is 3.12. The summed E-state index contributed by atoms with van der Waals surface area (Å²) in [5.74, 6) is 0.932. The third-order valence-corrected chi connectivity index (χ3v) is 6.00. The average molecular weight is 468 g/mol. The standard InChI is InChI=1S/C21H24BrClN2O3/c1-27-18-11-15(12-19(28-2)20(18)22)21(26)24-13-17(25-8-3-4-9-25)14-6-5-7-16(23)10-14/h5-7,10-12,17H,3-4,8-9,13H2,1-2H3,(H,24,26). The van der Waals surface area contributed by atoms with Crippen LogP contribution in [-0.4, -0.2) is 44.7 Å². The van der Waals surface area contributed by atoms with Crippen LogP contribution in [0, 0.1) is 0 Å². The van der Waals surface area contributed by atoms with Crippen LogP contribution in [0.15, 0.2) is 40.9 Å². The second-order valence-corrected chi connectivity index (χ2v) is 7.95. The molecule has 0 aromatic heterocycles. The molecule has 0 saturated carbocycles. The molecule has 0 spiro atoms. The van der Waals surface area contributed by atoms with Crippen LogP contribution in [-0.2, 0) is 0 Å². The molecule has 0 aliphatic carbocycles. The zero-order valence-electron chi connectivity index (χ0n) is 16.0. The Kier molecular flexibility index (Phi) is 7.21. The number of nitrogens with one attached hydrogen (secondary N) is 1. The highest BCUT2D eigenvalue weighted by molar-refractivity contribution is 9.10. The molecule has 1 fully saturated rings. The molecule has 1 saturated heterocycles. The summed E-state index contributed by atoms with van der Waals surface area (Å²) in [6.45, 7) is 2.54. The second kappa shape index (κ2) is 9.63. The summed E-state index contributed by atoms with van der Waals surface area (Å²) in [4.78, 5) is 15.2. The van der Waals surface area contributed by atoms with E-state index in [4.69, 9.17) is 21.1 Å². The van der Waals surface area contributed by atoms with Gasteiger partial charge in [0.15, 0.2) is 0 Å². The van der Waals surface area contributed by atoms with E-state index < -0.39 is 0 Å². The third-order valence-electron chi connectivity index (χ3n) is 4.98. The molecule has 1 atom stereocenters. The second-order valence-electron chi connectivity index (χ2n) is 6.72. The minimum Gasteiger partial charge on any atom is -0.495 e. The maximum atomic E-state index is 12.8. The Morgan fingerprint density at radius 2 is 1.82 bits per heavy atom. The summed E-state index contributed by atoms with van der Waals surface area (Å²) in [6.07, 6.45) is 2.35. The van der Waals surface area contributed by atoms with E-state index in [9.17, 15) is 4.79 Å². The first-order chi connectivity index (χ1) is 13.5. The van der Waals surface area contributed by atoms with Crippen LogP contribution in [0.1, 0.15) is 34.8 Å². The number of ether oxygens (including phenoxy) is 2. The van der Waals surface area contributed by atoms with E-state index in [-0.39, 0.29) is 11.9 Å². The van der Waals surface area contributed by atoms with Crippen LogP contribution in [0.3, 0.4) is 0 Å². The zero-order valence-corrected chi connectivity index (χ0v) is 18.3. The lowest BCUT2D eigenvalue weighted by Crippen LogP contribution is -2.36. The minimum atomic E-state index is -0.171. The Bertz CT molecular complexity index is 815. The number of benzene rings is 2. The maximum absolute atomic E-state index is 12.8. The molecule has 1 heterocycles. The van der Waals surface area contributed by atoms with Gasteiger partial charge >= 0.3 is 0 Å². The first kappa shape index (κ1) is 21.0. The van der Waals surface area contributed by atoms with Gasteiger partial charge in [0.25, 0.3) is 5.91 Å². The molecule has 1 unspecified atom stereocenters. The van der Waals surface area contributed by atoms with Crippen molar-refractivity contribution in [1.82, 2.24) is 10.2 Å². The number of carbonyl (C=O) groups is 1. The fourth-order valence-corrected chi connectivity index (χ4v) is 4.27. The van der Waals surface area contributed by atoms with E-state index in [2.05, 4.69) is 32.2 Å². The molecule has 0 bridgehead atoms. The Balaban J connectivity index is 1.78. The van der Waals surface area contributed by atoms with Crippen LogP contribution in [0.4, 0.5) is 0 Å². The highest BCUT2D eigenvalue weighted by atomic mass is 79.9. The predicted molar refractivity (Wildman–Crippen MR) is 115 cm³/mol. The van der Waals surface area contributed by atoms with E-state index in [0.717, 1.165) is 18.7 Å². The summed E-state index contributed by atoms with van der Waals surface area (Å²) in [5.41, 5.74) is 1.60. The van der Waals surface area contributed by atoms with Gasteiger partial charge in [-0.2, -0.15) is 0 Å². The van der Waals surface area contributed by atoms with E-state index in [1.54, 1.807) is 26.4 Å². The Morgan fingerprint density at radius 3 is 2.39 bits per heavy atom. The molecule has 1 aliphatic heterocycles. The first-order valence-electron chi connectivity index (χ1n) is 9.22. The molecule has 5 nitrogen and oxygen atoms in total. The topological polar surface area (TPSA) is 50.8 Å². The van der Waals surface area contributed by atoms with Gasteiger partial charge in [0.2, 0.25) is 0 Å². The molecule has 150 valence electrons. The van der Waals surface area contributed by atoms with Crippen molar-refractivity contribution in [2.45, 2.75) is 18.9 Å². The number of hydrogen-bond acceptors (Lipinski definition) is 4. The normalized spacial score (nSPS) is 15.3. The lowest BCUT2D eigenvalue weighted by molar-refractivity contribution is 0.0937. The number of methoxy groups -OCH3 is 2. The molecule has 1 amide bonds. The molecular formula is C21H24BrClN2O3. The fraction of sp³-hybridized carbons (Fsp3) is 0.381.